The highest BCUT2D eigenvalue weighted by Gasteiger charge is 2.12. The Hall–Kier alpha value is -1.71. The number of fused-ring (bicyclic) bond motifs is 5. The van der Waals surface area contributed by atoms with E-state index in [1.807, 2.05) is 24.4 Å². The van der Waals surface area contributed by atoms with Crippen molar-refractivity contribution >= 4 is 54.0 Å². The highest BCUT2D eigenvalue weighted by atomic mass is 35.5. The van der Waals surface area contributed by atoms with Gasteiger partial charge in [-0.3, -0.25) is 4.98 Å². The number of benzene rings is 1. The van der Waals surface area contributed by atoms with Crippen LogP contribution in [0.2, 0.25) is 5.15 Å². The molecule has 4 heteroatoms. The van der Waals surface area contributed by atoms with Crippen LogP contribution in [0.5, 0.6) is 0 Å². The quantitative estimate of drug-likeness (QED) is 0.435. The Morgan fingerprint density at radius 1 is 1.06 bits per heavy atom. The van der Waals surface area contributed by atoms with E-state index in [0.29, 0.717) is 5.15 Å². The molecule has 0 unspecified atom stereocenters. The molecule has 4 rings (SSSR count). The standard InChI is InChI=1S/C14H7ClN2S/c15-14-13-12(8-3-1-2-4-11(8)18-13)9-7-16-6-5-10(9)17-14/h1-7H. The summed E-state index contributed by atoms with van der Waals surface area (Å²) in [7, 11) is 0. The molecule has 0 saturated heterocycles. The van der Waals surface area contributed by atoms with Crippen LogP contribution in [0, 0.1) is 0 Å². The van der Waals surface area contributed by atoms with Crippen molar-refractivity contribution in [2.75, 3.05) is 0 Å². The zero-order chi connectivity index (χ0) is 12.1. The van der Waals surface area contributed by atoms with Crippen LogP contribution >= 0.6 is 22.9 Å². The molecule has 0 spiro atoms. The summed E-state index contributed by atoms with van der Waals surface area (Å²) in [6, 6.07) is 10.2. The van der Waals surface area contributed by atoms with Gasteiger partial charge in [-0.1, -0.05) is 29.8 Å². The molecule has 18 heavy (non-hydrogen) atoms. The smallest absolute Gasteiger partial charge is 0.147 e. The van der Waals surface area contributed by atoms with Crippen LogP contribution in [-0.2, 0) is 0 Å². The second kappa shape index (κ2) is 3.64. The molecule has 3 aromatic heterocycles. The zero-order valence-electron chi connectivity index (χ0n) is 9.22. The largest absolute Gasteiger partial charge is 0.264 e. The van der Waals surface area contributed by atoms with Crippen LogP contribution in [0.25, 0.3) is 31.1 Å². The van der Waals surface area contributed by atoms with Gasteiger partial charge < -0.3 is 0 Å². The van der Waals surface area contributed by atoms with Crippen molar-refractivity contribution in [3.8, 4) is 0 Å². The van der Waals surface area contributed by atoms with Crippen molar-refractivity contribution in [3.63, 3.8) is 0 Å². The average Bonchev–Trinajstić information content (AvgIpc) is 2.79. The van der Waals surface area contributed by atoms with Gasteiger partial charge in [-0.25, -0.2) is 4.98 Å². The van der Waals surface area contributed by atoms with Crippen LogP contribution in [-0.4, -0.2) is 9.97 Å². The summed E-state index contributed by atoms with van der Waals surface area (Å²) in [6.07, 6.45) is 3.60. The molecule has 4 aromatic rings. The van der Waals surface area contributed by atoms with E-state index in [-0.39, 0.29) is 0 Å². The molecule has 1 aromatic carbocycles. The molecule has 0 radical (unpaired) electrons. The fraction of sp³-hybridized carbons (Fsp3) is 0. The van der Waals surface area contributed by atoms with Crippen LogP contribution in [0.4, 0.5) is 0 Å². The van der Waals surface area contributed by atoms with Gasteiger partial charge in [0.1, 0.15) is 5.15 Å². The maximum absolute atomic E-state index is 6.29. The third-order valence-corrected chi connectivity index (χ3v) is 4.63. The number of halogens is 1. The summed E-state index contributed by atoms with van der Waals surface area (Å²) >= 11 is 7.97. The fourth-order valence-electron chi connectivity index (χ4n) is 2.29. The van der Waals surface area contributed by atoms with E-state index in [9.17, 15) is 0 Å². The van der Waals surface area contributed by atoms with Crippen molar-refractivity contribution in [2.24, 2.45) is 0 Å². The summed E-state index contributed by atoms with van der Waals surface area (Å²) in [5.74, 6) is 0. The third-order valence-electron chi connectivity index (χ3n) is 3.07. The Bertz CT molecular complexity index is 898. The maximum atomic E-state index is 6.29. The van der Waals surface area contributed by atoms with Crippen LogP contribution in [0.15, 0.2) is 42.7 Å². The lowest BCUT2D eigenvalue weighted by Crippen LogP contribution is -1.82. The number of hydrogen-bond acceptors (Lipinski definition) is 3. The maximum Gasteiger partial charge on any atom is 0.147 e. The summed E-state index contributed by atoms with van der Waals surface area (Å²) in [6.45, 7) is 0. The van der Waals surface area contributed by atoms with E-state index in [1.165, 1.54) is 15.5 Å². The predicted molar refractivity (Wildman–Crippen MR) is 77.4 cm³/mol. The molecule has 0 fully saturated rings. The Morgan fingerprint density at radius 3 is 2.89 bits per heavy atom. The lowest BCUT2D eigenvalue weighted by molar-refractivity contribution is 1.34. The number of thiophene rings is 1. The van der Waals surface area contributed by atoms with Gasteiger partial charge in [0.25, 0.3) is 0 Å². The van der Waals surface area contributed by atoms with E-state index in [0.717, 1.165) is 15.6 Å². The van der Waals surface area contributed by atoms with E-state index >= 15 is 0 Å². The topological polar surface area (TPSA) is 25.8 Å². The first-order chi connectivity index (χ1) is 8.84. The molecule has 3 heterocycles. The molecule has 0 bridgehead atoms. The van der Waals surface area contributed by atoms with Crippen molar-refractivity contribution in [2.45, 2.75) is 0 Å². The van der Waals surface area contributed by atoms with Crippen molar-refractivity contribution in [1.82, 2.24) is 9.97 Å². The number of pyridine rings is 2. The van der Waals surface area contributed by atoms with Gasteiger partial charge in [0.2, 0.25) is 0 Å². The third kappa shape index (κ3) is 1.29. The number of nitrogens with zero attached hydrogens (tertiary/aromatic N) is 2. The van der Waals surface area contributed by atoms with Crippen LogP contribution in [0.3, 0.4) is 0 Å². The summed E-state index contributed by atoms with van der Waals surface area (Å²) in [5.41, 5.74) is 0.894. The Kier molecular flexibility index (Phi) is 2.07. The van der Waals surface area contributed by atoms with Crippen molar-refractivity contribution in [1.29, 1.82) is 0 Å². The van der Waals surface area contributed by atoms with E-state index in [2.05, 4.69) is 22.1 Å². The molecular weight excluding hydrogens is 264 g/mol. The fourth-order valence-corrected chi connectivity index (χ4v) is 3.69. The molecule has 86 valence electrons. The first-order valence-electron chi connectivity index (χ1n) is 5.55. The number of aromatic nitrogens is 2. The number of rotatable bonds is 0. The Morgan fingerprint density at radius 2 is 1.94 bits per heavy atom. The molecule has 0 aliphatic rings. The molecule has 0 aliphatic heterocycles. The average molecular weight is 271 g/mol. The Balaban J connectivity index is 2.41. The Labute approximate surface area is 112 Å². The van der Waals surface area contributed by atoms with Crippen molar-refractivity contribution in [3.05, 3.63) is 47.9 Å². The summed E-state index contributed by atoms with van der Waals surface area (Å²) < 4.78 is 2.27. The molecule has 0 atom stereocenters. The minimum Gasteiger partial charge on any atom is -0.264 e. The summed E-state index contributed by atoms with van der Waals surface area (Å²) in [5, 5.41) is 4.03. The monoisotopic (exact) mass is 270 g/mol. The van der Waals surface area contributed by atoms with Crippen molar-refractivity contribution < 1.29 is 0 Å². The molecular formula is C14H7ClN2S. The lowest BCUT2D eigenvalue weighted by atomic mass is 10.1. The summed E-state index contributed by atoms with van der Waals surface area (Å²) in [4.78, 5) is 8.64. The minimum absolute atomic E-state index is 0.574. The van der Waals surface area contributed by atoms with Gasteiger partial charge in [0, 0.05) is 33.3 Å². The molecule has 0 aliphatic carbocycles. The van der Waals surface area contributed by atoms with E-state index in [4.69, 9.17) is 11.6 Å². The van der Waals surface area contributed by atoms with Crippen LogP contribution < -0.4 is 0 Å². The molecule has 2 nitrogen and oxygen atoms in total. The highest BCUT2D eigenvalue weighted by Crippen LogP contribution is 2.40. The molecule has 0 saturated carbocycles. The molecule has 0 N–H and O–H groups in total. The lowest BCUT2D eigenvalue weighted by Gasteiger charge is -2.00. The van der Waals surface area contributed by atoms with Gasteiger partial charge in [0.15, 0.2) is 0 Å². The first-order valence-corrected chi connectivity index (χ1v) is 6.74. The van der Waals surface area contributed by atoms with Gasteiger partial charge in [-0.15, -0.1) is 11.3 Å². The van der Waals surface area contributed by atoms with Gasteiger partial charge in [-0.2, -0.15) is 0 Å². The van der Waals surface area contributed by atoms with E-state index < -0.39 is 0 Å². The molecule has 0 amide bonds. The van der Waals surface area contributed by atoms with Crippen LogP contribution in [0.1, 0.15) is 0 Å². The second-order valence-electron chi connectivity index (χ2n) is 4.10. The highest BCUT2D eigenvalue weighted by molar-refractivity contribution is 7.26. The zero-order valence-corrected chi connectivity index (χ0v) is 10.8. The van der Waals surface area contributed by atoms with Gasteiger partial charge >= 0.3 is 0 Å². The van der Waals surface area contributed by atoms with Gasteiger partial charge in [0.05, 0.1) is 10.2 Å². The second-order valence-corrected chi connectivity index (χ2v) is 5.51. The minimum atomic E-state index is 0.574. The first kappa shape index (κ1) is 10.2. The van der Waals surface area contributed by atoms with Gasteiger partial charge in [-0.05, 0) is 12.1 Å². The number of hydrogen-bond donors (Lipinski definition) is 0. The predicted octanol–water partition coefficient (Wildman–Crippen LogP) is 4.65. The van der Waals surface area contributed by atoms with E-state index in [1.54, 1.807) is 17.5 Å². The normalized spacial score (nSPS) is 11.6. The SMILES string of the molecule is Clc1nc2ccncc2c2c1sc1ccccc12.